The first-order chi connectivity index (χ1) is 6.56. The first-order valence-corrected chi connectivity index (χ1v) is 5.99. The second-order valence-corrected chi connectivity index (χ2v) is 5.68. The van der Waals surface area contributed by atoms with Crippen LogP contribution in [0.25, 0.3) is 0 Å². The van der Waals surface area contributed by atoms with Gasteiger partial charge in [0.15, 0.2) is 0 Å². The van der Waals surface area contributed by atoms with Gasteiger partial charge in [-0.3, -0.25) is 4.90 Å². The van der Waals surface area contributed by atoms with E-state index < -0.39 is 12.7 Å². The van der Waals surface area contributed by atoms with Crippen LogP contribution in [-0.4, -0.2) is 36.5 Å². The topological polar surface area (TPSA) is 3.24 Å². The quantitative estimate of drug-likeness (QED) is 0.716. The first-order valence-electron chi connectivity index (χ1n) is 4.87. The lowest BCUT2D eigenvalue weighted by Gasteiger charge is -2.33. The summed E-state index contributed by atoms with van der Waals surface area (Å²) in [7, 11) is 1.51. The molecule has 0 spiro atoms. The molecule has 15 heavy (non-hydrogen) atoms. The first kappa shape index (κ1) is 15.2. The molecule has 0 heterocycles. The Morgan fingerprint density at radius 3 is 1.93 bits per heavy atom. The lowest BCUT2D eigenvalue weighted by atomic mass is 9.82. The van der Waals surface area contributed by atoms with Gasteiger partial charge >= 0.3 is 6.18 Å². The van der Waals surface area contributed by atoms with E-state index in [9.17, 15) is 13.2 Å². The highest BCUT2D eigenvalue weighted by atomic mass is 79.9. The Balaban J connectivity index is 4.20. The van der Waals surface area contributed by atoms with Gasteiger partial charge in [-0.1, -0.05) is 36.7 Å². The van der Waals surface area contributed by atoms with E-state index >= 15 is 0 Å². The number of halogens is 4. The summed E-state index contributed by atoms with van der Waals surface area (Å²) >= 11 is 3.35. The fourth-order valence-electron chi connectivity index (χ4n) is 1.30. The van der Waals surface area contributed by atoms with Gasteiger partial charge in [-0.25, -0.2) is 0 Å². The zero-order valence-electron chi connectivity index (χ0n) is 9.66. The molecule has 1 nitrogen and oxygen atoms in total. The molecule has 0 saturated carbocycles. The third-order valence-electron chi connectivity index (χ3n) is 2.39. The van der Waals surface area contributed by atoms with Gasteiger partial charge in [0.2, 0.25) is 0 Å². The number of hydrogen-bond donors (Lipinski definition) is 0. The molecule has 0 aliphatic heterocycles. The SMILES string of the molecule is CN(CC(CBr)C(C)(C)C)CC(F)(F)F. The summed E-state index contributed by atoms with van der Waals surface area (Å²) in [5.41, 5.74) is 0.0172. The van der Waals surface area contributed by atoms with Gasteiger partial charge in [0.25, 0.3) is 0 Å². The summed E-state index contributed by atoms with van der Waals surface area (Å²) in [6.07, 6.45) is -4.11. The Morgan fingerprint density at radius 1 is 1.20 bits per heavy atom. The predicted octanol–water partition coefficient (Wildman–Crippen LogP) is 3.54. The average molecular weight is 290 g/mol. The smallest absolute Gasteiger partial charge is 0.298 e. The van der Waals surface area contributed by atoms with Crippen LogP contribution in [-0.2, 0) is 0 Å². The molecular weight excluding hydrogens is 271 g/mol. The van der Waals surface area contributed by atoms with Crippen LogP contribution in [0.4, 0.5) is 13.2 Å². The molecule has 0 aliphatic rings. The van der Waals surface area contributed by atoms with Crippen molar-refractivity contribution in [1.82, 2.24) is 4.90 Å². The van der Waals surface area contributed by atoms with Crippen LogP contribution in [0, 0.1) is 11.3 Å². The van der Waals surface area contributed by atoms with Crippen LogP contribution in [0.2, 0.25) is 0 Å². The minimum absolute atomic E-state index is 0.0172. The lowest BCUT2D eigenvalue weighted by Crippen LogP contribution is -2.39. The second-order valence-electron chi connectivity index (χ2n) is 5.03. The van der Waals surface area contributed by atoms with Crippen LogP contribution in [0.3, 0.4) is 0 Å². The summed E-state index contributed by atoms with van der Waals surface area (Å²) in [6.45, 7) is 5.74. The molecule has 0 radical (unpaired) electrons. The Bertz CT molecular complexity index is 186. The van der Waals surface area contributed by atoms with E-state index in [-0.39, 0.29) is 11.3 Å². The van der Waals surface area contributed by atoms with Crippen molar-refractivity contribution in [3.63, 3.8) is 0 Å². The Morgan fingerprint density at radius 2 is 1.67 bits per heavy atom. The minimum Gasteiger partial charge on any atom is -0.298 e. The van der Waals surface area contributed by atoms with E-state index in [4.69, 9.17) is 0 Å². The number of hydrogen-bond acceptors (Lipinski definition) is 1. The van der Waals surface area contributed by atoms with Crippen molar-refractivity contribution in [2.75, 3.05) is 25.5 Å². The highest BCUT2D eigenvalue weighted by Gasteiger charge is 2.32. The van der Waals surface area contributed by atoms with E-state index in [1.807, 2.05) is 20.8 Å². The molecular formula is C10H19BrF3N. The molecule has 0 aliphatic carbocycles. The van der Waals surface area contributed by atoms with E-state index in [0.717, 1.165) is 5.33 Å². The van der Waals surface area contributed by atoms with Crippen molar-refractivity contribution in [3.8, 4) is 0 Å². The summed E-state index contributed by atoms with van der Waals surface area (Å²) in [4.78, 5) is 1.33. The summed E-state index contributed by atoms with van der Waals surface area (Å²) in [5.74, 6) is 0.213. The van der Waals surface area contributed by atoms with Crippen molar-refractivity contribution >= 4 is 15.9 Å². The van der Waals surface area contributed by atoms with Crippen LogP contribution in [0.1, 0.15) is 20.8 Å². The molecule has 0 aromatic heterocycles. The van der Waals surface area contributed by atoms with Crippen LogP contribution >= 0.6 is 15.9 Å². The third-order valence-corrected chi connectivity index (χ3v) is 3.17. The zero-order chi connectivity index (χ0) is 12.3. The van der Waals surface area contributed by atoms with Gasteiger partial charge in [0.05, 0.1) is 6.54 Å². The fraction of sp³-hybridized carbons (Fsp3) is 1.00. The molecule has 0 rings (SSSR count). The number of nitrogens with zero attached hydrogens (tertiary/aromatic N) is 1. The molecule has 5 heteroatoms. The van der Waals surface area contributed by atoms with Crippen LogP contribution < -0.4 is 0 Å². The van der Waals surface area contributed by atoms with Crippen LogP contribution in [0.5, 0.6) is 0 Å². The third kappa shape index (κ3) is 7.17. The standard InChI is InChI=1S/C10H19BrF3N/c1-9(2,3)8(5-11)6-15(4)7-10(12,13)14/h8H,5-7H2,1-4H3. The van der Waals surface area contributed by atoms with Crippen molar-refractivity contribution in [3.05, 3.63) is 0 Å². The monoisotopic (exact) mass is 289 g/mol. The molecule has 0 bridgehead atoms. The Labute approximate surface area is 98.1 Å². The van der Waals surface area contributed by atoms with E-state index in [1.54, 1.807) is 0 Å². The second kappa shape index (κ2) is 5.53. The van der Waals surface area contributed by atoms with E-state index in [2.05, 4.69) is 15.9 Å². The van der Waals surface area contributed by atoms with Gasteiger partial charge in [0.1, 0.15) is 0 Å². The summed E-state index contributed by atoms with van der Waals surface area (Å²) in [5, 5.41) is 0.721. The molecule has 92 valence electrons. The average Bonchev–Trinajstić information content (AvgIpc) is 1.94. The van der Waals surface area contributed by atoms with E-state index in [0.29, 0.717) is 6.54 Å². The predicted molar refractivity (Wildman–Crippen MR) is 60.3 cm³/mol. The van der Waals surface area contributed by atoms with Gasteiger partial charge in [0, 0.05) is 11.9 Å². The van der Waals surface area contributed by atoms with Gasteiger partial charge in [-0.15, -0.1) is 0 Å². The van der Waals surface area contributed by atoms with Crippen LogP contribution in [0.15, 0.2) is 0 Å². The molecule has 0 aromatic rings. The maximum Gasteiger partial charge on any atom is 0.401 e. The Kier molecular flexibility index (Phi) is 5.61. The maximum absolute atomic E-state index is 12.1. The summed E-state index contributed by atoms with van der Waals surface area (Å²) in [6, 6.07) is 0. The fourth-order valence-corrected chi connectivity index (χ4v) is 2.48. The lowest BCUT2D eigenvalue weighted by molar-refractivity contribution is -0.144. The molecule has 0 amide bonds. The van der Waals surface area contributed by atoms with E-state index in [1.165, 1.54) is 11.9 Å². The van der Waals surface area contributed by atoms with Crippen molar-refractivity contribution in [2.45, 2.75) is 26.9 Å². The zero-order valence-corrected chi connectivity index (χ0v) is 11.2. The number of alkyl halides is 4. The van der Waals surface area contributed by atoms with Gasteiger partial charge in [-0.05, 0) is 18.4 Å². The molecule has 0 N–H and O–H groups in total. The molecule has 0 saturated heterocycles. The normalized spacial score (nSPS) is 15.8. The van der Waals surface area contributed by atoms with Gasteiger partial charge in [-0.2, -0.15) is 13.2 Å². The summed E-state index contributed by atoms with van der Waals surface area (Å²) < 4.78 is 36.3. The molecule has 0 fully saturated rings. The van der Waals surface area contributed by atoms with Gasteiger partial charge < -0.3 is 0 Å². The molecule has 1 atom stereocenters. The van der Waals surface area contributed by atoms with Crippen molar-refractivity contribution in [1.29, 1.82) is 0 Å². The van der Waals surface area contributed by atoms with Crippen molar-refractivity contribution in [2.24, 2.45) is 11.3 Å². The minimum atomic E-state index is -4.11. The maximum atomic E-state index is 12.1. The highest BCUT2D eigenvalue weighted by molar-refractivity contribution is 9.09. The number of rotatable bonds is 4. The molecule has 0 aromatic carbocycles. The largest absolute Gasteiger partial charge is 0.401 e. The molecule has 1 unspecified atom stereocenters. The van der Waals surface area contributed by atoms with Crippen molar-refractivity contribution < 1.29 is 13.2 Å². The highest BCUT2D eigenvalue weighted by Crippen LogP contribution is 2.28. The Hall–Kier alpha value is 0.230.